The van der Waals surface area contributed by atoms with E-state index in [0.717, 1.165) is 0 Å². The van der Waals surface area contributed by atoms with Crippen LogP contribution < -0.4 is 0 Å². The highest BCUT2D eigenvalue weighted by Crippen LogP contribution is 2.63. The zero-order chi connectivity index (χ0) is 30.4. The van der Waals surface area contributed by atoms with Crippen molar-refractivity contribution < 1.29 is 0 Å². The predicted octanol–water partition coefficient (Wildman–Crippen LogP) is 12.0. The van der Waals surface area contributed by atoms with E-state index in [1.165, 1.54) is 66.8 Å². The molecule has 45 heavy (non-hydrogen) atoms. The van der Waals surface area contributed by atoms with Crippen LogP contribution in [0, 0.1) is 5.41 Å². The second-order valence-corrected chi connectivity index (χ2v) is 13.0. The molecule has 0 nitrogen and oxygen atoms in total. The number of hydrogen-bond acceptors (Lipinski definition) is 0. The van der Waals surface area contributed by atoms with E-state index in [4.69, 9.17) is 0 Å². The number of rotatable bonds is 6. The van der Waals surface area contributed by atoms with Crippen LogP contribution >= 0.6 is 0 Å². The van der Waals surface area contributed by atoms with Crippen LogP contribution in [0.4, 0.5) is 0 Å². The average molecular weight is 577 g/mol. The molecule has 0 spiro atoms. The number of hydrogen-bond donors (Lipinski definition) is 0. The molecule has 0 fully saturated rings. The van der Waals surface area contributed by atoms with E-state index in [0.29, 0.717) is 0 Å². The van der Waals surface area contributed by atoms with E-state index in [9.17, 15) is 0 Å². The molecule has 0 aliphatic heterocycles. The van der Waals surface area contributed by atoms with E-state index in [-0.39, 0.29) is 17.3 Å². The quantitative estimate of drug-likeness (QED) is 0.185. The smallest absolute Gasteiger partial charge is 0.0162 e. The third-order valence-corrected chi connectivity index (χ3v) is 10.00. The first kappa shape index (κ1) is 27.4. The summed E-state index contributed by atoms with van der Waals surface area (Å²) < 4.78 is 0. The van der Waals surface area contributed by atoms with Gasteiger partial charge in [0, 0.05) is 11.8 Å². The van der Waals surface area contributed by atoms with E-state index in [1.807, 2.05) is 0 Å². The lowest BCUT2D eigenvalue weighted by molar-refractivity contribution is 0.304. The summed E-state index contributed by atoms with van der Waals surface area (Å²) >= 11 is 0. The maximum atomic E-state index is 2.50. The van der Waals surface area contributed by atoms with Gasteiger partial charge < -0.3 is 0 Å². The molecular formula is C45H36. The van der Waals surface area contributed by atoms with Gasteiger partial charge in [-0.25, -0.2) is 0 Å². The van der Waals surface area contributed by atoms with Gasteiger partial charge in [0.05, 0.1) is 0 Å². The molecule has 0 radical (unpaired) electrons. The summed E-state index contributed by atoms with van der Waals surface area (Å²) in [6.07, 6.45) is 4.98. The maximum absolute atomic E-state index is 2.50. The molecule has 216 valence electrons. The lowest BCUT2D eigenvalue weighted by Gasteiger charge is -2.42. The van der Waals surface area contributed by atoms with Crippen molar-refractivity contribution in [2.24, 2.45) is 5.41 Å². The van der Waals surface area contributed by atoms with Crippen molar-refractivity contribution in [1.29, 1.82) is 0 Å². The normalized spacial score (nSPS) is 16.9. The molecule has 6 aromatic carbocycles. The van der Waals surface area contributed by atoms with Crippen LogP contribution in [-0.2, 0) is 0 Å². The lowest BCUT2D eigenvalue weighted by Crippen LogP contribution is -2.30. The van der Waals surface area contributed by atoms with Crippen molar-refractivity contribution in [3.63, 3.8) is 0 Å². The maximum Gasteiger partial charge on any atom is 0.0162 e. The van der Waals surface area contributed by atoms with Crippen molar-refractivity contribution in [2.45, 2.75) is 25.7 Å². The number of allylic oxidation sites excluding steroid dienone is 2. The first-order valence-electron chi connectivity index (χ1n) is 16.0. The Morgan fingerprint density at radius 1 is 0.356 bits per heavy atom. The van der Waals surface area contributed by atoms with Gasteiger partial charge in [0.2, 0.25) is 0 Å². The molecule has 2 unspecified atom stereocenters. The molecular weight excluding hydrogens is 540 g/mol. The third-order valence-electron chi connectivity index (χ3n) is 10.00. The Morgan fingerprint density at radius 2 is 0.689 bits per heavy atom. The van der Waals surface area contributed by atoms with E-state index in [1.54, 1.807) is 0 Å². The molecule has 0 N–H and O–H groups in total. The number of benzene rings is 6. The Bertz CT molecular complexity index is 1900. The van der Waals surface area contributed by atoms with Crippen molar-refractivity contribution in [3.05, 3.63) is 191 Å². The molecule has 6 aromatic rings. The van der Waals surface area contributed by atoms with Crippen LogP contribution in [0.2, 0.25) is 0 Å². The topological polar surface area (TPSA) is 0 Å². The summed E-state index contributed by atoms with van der Waals surface area (Å²) in [5.74, 6) is 0.393. The van der Waals surface area contributed by atoms with Gasteiger partial charge in [0.25, 0.3) is 0 Å². The average Bonchev–Trinajstić information content (AvgIpc) is 3.71. The Labute approximate surface area is 267 Å². The standard InChI is InChI=1S/C45H36/c1-45(2,43-37-27-15-25-35(31-17-7-3-8-18-31)41(37)29-39(43)33-21-11-5-12-22-33)44-38-28-16-26-36(32-19-9-4-10-20-32)42(38)30-40(44)34-23-13-6-14-24-34/h3-30,43-44H,1-2H3. The monoisotopic (exact) mass is 576 g/mol. The second-order valence-electron chi connectivity index (χ2n) is 13.0. The second kappa shape index (κ2) is 11.1. The van der Waals surface area contributed by atoms with Crippen LogP contribution in [0.15, 0.2) is 158 Å². The summed E-state index contributed by atoms with van der Waals surface area (Å²) in [6.45, 7) is 5.01. The zero-order valence-corrected chi connectivity index (χ0v) is 25.8. The van der Waals surface area contributed by atoms with Crippen LogP contribution in [0.1, 0.15) is 59.1 Å². The van der Waals surface area contributed by atoms with Gasteiger partial charge in [-0.3, -0.25) is 0 Å². The van der Waals surface area contributed by atoms with Crippen LogP contribution in [0.5, 0.6) is 0 Å². The zero-order valence-electron chi connectivity index (χ0n) is 25.8. The van der Waals surface area contributed by atoms with Gasteiger partial charge in [0.15, 0.2) is 0 Å². The van der Waals surface area contributed by atoms with Crippen molar-refractivity contribution in [1.82, 2.24) is 0 Å². The first-order valence-corrected chi connectivity index (χ1v) is 16.0. The highest BCUT2D eigenvalue weighted by molar-refractivity contribution is 6.00. The van der Waals surface area contributed by atoms with Gasteiger partial charge >= 0.3 is 0 Å². The van der Waals surface area contributed by atoms with Crippen molar-refractivity contribution in [2.75, 3.05) is 0 Å². The van der Waals surface area contributed by atoms with Crippen molar-refractivity contribution in [3.8, 4) is 22.3 Å². The van der Waals surface area contributed by atoms with Gasteiger partial charge in [-0.2, -0.15) is 0 Å². The molecule has 2 aliphatic rings. The third kappa shape index (κ3) is 4.61. The highest BCUT2D eigenvalue weighted by Gasteiger charge is 2.48. The molecule has 2 aliphatic carbocycles. The Hall–Kier alpha value is -5.20. The molecule has 2 atom stereocenters. The van der Waals surface area contributed by atoms with E-state index >= 15 is 0 Å². The molecule has 8 rings (SSSR count). The molecule has 0 saturated heterocycles. The fourth-order valence-electron chi connectivity index (χ4n) is 8.07. The van der Waals surface area contributed by atoms with Crippen LogP contribution in [-0.4, -0.2) is 0 Å². The fourth-order valence-corrected chi connectivity index (χ4v) is 8.07. The molecule has 0 amide bonds. The van der Waals surface area contributed by atoms with E-state index in [2.05, 4.69) is 184 Å². The SMILES string of the molecule is CC(C)(C1C(c2ccccc2)=Cc2c(-c3ccccc3)cccc21)C1C(c2ccccc2)=Cc2c(-c3ccccc3)cccc21. The fraction of sp³-hybridized carbons (Fsp3) is 0.111. The minimum Gasteiger partial charge on any atom is -0.0622 e. The lowest BCUT2D eigenvalue weighted by atomic mass is 9.61. The van der Waals surface area contributed by atoms with Gasteiger partial charge in [-0.15, -0.1) is 0 Å². The van der Waals surface area contributed by atoms with Gasteiger partial charge in [-0.05, 0) is 84.3 Å². The highest BCUT2D eigenvalue weighted by atomic mass is 14.5. The summed E-state index contributed by atoms with van der Waals surface area (Å²) in [5, 5.41) is 0. The summed E-state index contributed by atoms with van der Waals surface area (Å²) in [6, 6.07) is 57.6. The van der Waals surface area contributed by atoms with Gasteiger partial charge in [-0.1, -0.05) is 172 Å². The summed E-state index contributed by atoms with van der Waals surface area (Å²) in [4.78, 5) is 0. The van der Waals surface area contributed by atoms with Crippen LogP contribution in [0.3, 0.4) is 0 Å². The summed E-state index contributed by atoms with van der Waals surface area (Å²) in [5.41, 5.74) is 15.9. The minimum atomic E-state index is -0.162. The van der Waals surface area contributed by atoms with Crippen molar-refractivity contribution >= 4 is 23.3 Å². The number of fused-ring (bicyclic) bond motifs is 2. The van der Waals surface area contributed by atoms with Crippen LogP contribution in [0.25, 0.3) is 45.6 Å². The Balaban J connectivity index is 1.35. The Morgan fingerprint density at radius 3 is 1.04 bits per heavy atom. The molecule has 0 bridgehead atoms. The minimum absolute atomic E-state index is 0.162. The Kier molecular flexibility index (Phi) is 6.72. The molecule has 0 saturated carbocycles. The molecule has 0 heteroatoms. The molecule has 0 heterocycles. The predicted molar refractivity (Wildman–Crippen MR) is 192 cm³/mol. The summed E-state index contributed by atoms with van der Waals surface area (Å²) in [7, 11) is 0. The van der Waals surface area contributed by atoms with Gasteiger partial charge in [0.1, 0.15) is 0 Å². The first-order chi connectivity index (χ1) is 22.1. The largest absolute Gasteiger partial charge is 0.0622 e. The molecule has 0 aromatic heterocycles. The van der Waals surface area contributed by atoms with E-state index < -0.39 is 0 Å².